The van der Waals surface area contributed by atoms with Crippen LogP contribution in [0.25, 0.3) is 0 Å². The van der Waals surface area contributed by atoms with E-state index in [1.54, 1.807) is 10.8 Å². The number of rotatable bonds is 2. The summed E-state index contributed by atoms with van der Waals surface area (Å²) in [6, 6.07) is 2.07. The lowest BCUT2D eigenvalue weighted by molar-refractivity contribution is -0.141. The molecule has 4 nitrogen and oxygen atoms in total. The monoisotopic (exact) mass is 192 g/mol. The van der Waals surface area contributed by atoms with Crippen molar-refractivity contribution >= 4 is 5.97 Å². The van der Waals surface area contributed by atoms with Crippen LogP contribution < -0.4 is 0 Å². The van der Waals surface area contributed by atoms with Crippen LogP contribution in [0.3, 0.4) is 0 Å². The van der Waals surface area contributed by atoms with E-state index >= 15 is 0 Å². The molecule has 1 aromatic rings. The molecule has 1 heterocycles. The Labute approximate surface area is 82.7 Å². The van der Waals surface area contributed by atoms with E-state index in [4.69, 9.17) is 5.26 Å². The number of carbonyl (C=O) groups is 1. The summed E-state index contributed by atoms with van der Waals surface area (Å²) >= 11 is 0. The predicted octanol–water partition coefficient (Wildman–Crippen LogP) is 1.15. The topological polar surface area (TPSA) is 55.0 Å². The average molecular weight is 192 g/mol. The zero-order valence-electron chi connectivity index (χ0n) is 8.50. The first kappa shape index (κ1) is 10.3. The van der Waals surface area contributed by atoms with E-state index in [9.17, 15) is 4.79 Å². The summed E-state index contributed by atoms with van der Waals surface area (Å²) in [6.45, 7) is 3.89. The number of nitrogens with zero attached hydrogens (tertiary/aromatic N) is 2. The van der Waals surface area contributed by atoms with Gasteiger partial charge >= 0.3 is 5.97 Å². The number of nitriles is 1. The highest BCUT2D eigenvalue weighted by Gasteiger charge is 2.10. The summed E-state index contributed by atoms with van der Waals surface area (Å²) in [5, 5.41) is 8.77. The van der Waals surface area contributed by atoms with Crippen molar-refractivity contribution in [1.82, 2.24) is 4.57 Å². The number of hydrogen-bond acceptors (Lipinski definition) is 3. The summed E-state index contributed by atoms with van der Waals surface area (Å²) in [5.74, 6) is -0.312. The van der Waals surface area contributed by atoms with Crippen LogP contribution >= 0.6 is 0 Å². The number of aromatic nitrogens is 1. The maximum absolute atomic E-state index is 11.0. The van der Waals surface area contributed by atoms with Gasteiger partial charge in [0.25, 0.3) is 0 Å². The number of carbonyl (C=O) groups excluding carboxylic acids is 1. The molecule has 1 aromatic heterocycles. The fraction of sp³-hybridized carbons (Fsp3) is 0.400. The fourth-order valence-electron chi connectivity index (χ4n) is 1.24. The Morgan fingerprint density at radius 3 is 2.71 bits per heavy atom. The van der Waals surface area contributed by atoms with Gasteiger partial charge < -0.3 is 9.30 Å². The number of hydrogen-bond donors (Lipinski definition) is 0. The van der Waals surface area contributed by atoms with E-state index in [-0.39, 0.29) is 12.5 Å². The molecule has 1 rings (SSSR count). The van der Waals surface area contributed by atoms with Gasteiger partial charge in [0.15, 0.2) is 0 Å². The molecule has 0 saturated carbocycles. The number of methoxy groups -OCH3 is 1. The Kier molecular flexibility index (Phi) is 2.92. The summed E-state index contributed by atoms with van der Waals surface area (Å²) < 4.78 is 6.27. The fourth-order valence-corrected chi connectivity index (χ4v) is 1.24. The van der Waals surface area contributed by atoms with Crippen LogP contribution in [0.5, 0.6) is 0 Å². The lowest BCUT2D eigenvalue weighted by Gasteiger charge is -2.03. The molecule has 0 N–H and O–H groups in total. The van der Waals surface area contributed by atoms with E-state index < -0.39 is 0 Å². The highest BCUT2D eigenvalue weighted by molar-refractivity contribution is 5.69. The van der Waals surface area contributed by atoms with Crippen LogP contribution in [-0.2, 0) is 16.1 Å². The second-order valence-electron chi connectivity index (χ2n) is 3.07. The van der Waals surface area contributed by atoms with Gasteiger partial charge in [0.2, 0.25) is 0 Å². The molecule has 0 aliphatic rings. The molecule has 14 heavy (non-hydrogen) atoms. The minimum absolute atomic E-state index is 0.158. The zero-order chi connectivity index (χ0) is 10.7. The number of esters is 1. The van der Waals surface area contributed by atoms with Crippen molar-refractivity contribution in [3.63, 3.8) is 0 Å². The normalized spacial score (nSPS) is 9.57. The largest absolute Gasteiger partial charge is 0.468 e. The quantitative estimate of drug-likeness (QED) is 0.660. The second-order valence-corrected chi connectivity index (χ2v) is 3.07. The Morgan fingerprint density at radius 1 is 1.64 bits per heavy atom. The smallest absolute Gasteiger partial charge is 0.325 e. The lowest BCUT2D eigenvalue weighted by Crippen LogP contribution is -2.11. The standard InChI is InChI=1S/C10H12N2O2/c1-7-8(2)12(5-9(7)4-11)6-10(13)14-3/h5H,6H2,1-3H3. The summed E-state index contributed by atoms with van der Waals surface area (Å²) in [7, 11) is 1.35. The van der Waals surface area contributed by atoms with Crippen LogP contribution in [-0.4, -0.2) is 17.6 Å². The first-order valence-electron chi connectivity index (χ1n) is 4.23. The SMILES string of the molecule is COC(=O)Cn1cc(C#N)c(C)c1C. The van der Waals surface area contributed by atoms with Crippen molar-refractivity contribution in [2.75, 3.05) is 7.11 Å². The Hall–Kier alpha value is -1.76. The van der Waals surface area contributed by atoms with Crippen LogP contribution in [0, 0.1) is 25.2 Å². The maximum atomic E-state index is 11.0. The molecule has 0 aliphatic carbocycles. The molecule has 0 saturated heterocycles. The van der Waals surface area contributed by atoms with Gasteiger partial charge in [-0.2, -0.15) is 5.26 Å². The molecule has 74 valence electrons. The van der Waals surface area contributed by atoms with Gasteiger partial charge in [0.05, 0.1) is 12.7 Å². The minimum Gasteiger partial charge on any atom is -0.468 e. The third-order valence-corrected chi connectivity index (χ3v) is 2.31. The van der Waals surface area contributed by atoms with Crippen molar-refractivity contribution in [1.29, 1.82) is 5.26 Å². The summed E-state index contributed by atoms with van der Waals surface area (Å²) in [5.41, 5.74) is 2.44. The zero-order valence-corrected chi connectivity index (χ0v) is 8.50. The average Bonchev–Trinajstić information content (AvgIpc) is 2.45. The molecule has 0 fully saturated rings. The number of ether oxygens (including phenoxy) is 1. The molecule has 0 spiro atoms. The van der Waals surface area contributed by atoms with Crippen LogP contribution in [0.4, 0.5) is 0 Å². The van der Waals surface area contributed by atoms with E-state index in [1.165, 1.54) is 7.11 Å². The molecule has 0 atom stereocenters. The Balaban J connectivity index is 3.00. The second kappa shape index (κ2) is 3.97. The molecule has 0 aromatic carbocycles. The molecule has 0 radical (unpaired) electrons. The van der Waals surface area contributed by atoms with Crippen molar-refractivity contribution in [3.8, 4) is 6.07 Å². The van der Waals surface area contributed by atoms with Crippen LogP contribution in [0.1, 0.15) is 16.8 Å². The van der Waals surface area contributed by atoms with Gasteiger partial charge in [0.1, 0.15) is 12.6 Å². The lowest BCUT2D eigenvalue weighted by atomic mass is 10.2. The molecular formula is C10H12N2O2. The minimum atomic E-state index is -0.312. The molecule has 0 aliphatic heterocycles. The third-order valence-electron chi connectivity index (χ3n) is 2.31. The van der Waals surface area contributed by atoms with Gasteiger partial charge in [-0.25, -0.2) is 0 Å². The van der Waals surface area contributed by atoms with Gasteiger partial charge in [-0.1, -0.05) is 0 Å². The van der Waals surface area contributed by atoms with Crippen molar-refractivity contribution in [2.45, 2.75) is 20.4 Å². The van der Waals surface area contributed by atoms with Crippen LogP contribution in [0.2, 0.25) is 0 Å². The molecule has 0 amide bonds. The van der Waals surface area contributed by atoms with Crippen LogP contribution in [0.15, 0.2) is 6.20 Å². The van der Waals surface area contributed by atoms with E-state index in [1.807, 2.05) is 13.8 Å². The molecule has 0 bridgehead atoms. The molecule has 4 heteroatoms. The summed E-state index contributed by atoms with van der Waals surface area (Å²) in [6.07, 6.45) is 1.67. The van der Waals surface area contributed by atoms with Crippen molar-refractivity contribution in [2.24, 2.45) is 0 Å². The van der Waals surface area contributed by atoms with Crippen molar-refractivity contribution in [3.05, 3.63) is 23.0 Å². The summed E-state index contributed by atoms with van der Waals surface area (Å²) in [4.78, 5) is 11.0. The Morgan fingerprint density at radius 2 is 2.29 bits per heavy atom. The predicted molar refractivity (Wildman–Crippen MR) is 50.6 cm³/mol. The van der Waals surface area contributed by atoms with E-state index in [0.717, 1.165) is 11.3 Å². The van der Waals surface area contributed by atoms with E-state index in [2.05, 4.69) is 10.8 Å². The van der Waals surface area contributed by atoms with E-state index in [0.29, 0.717) is 5.56 Å². The van der Waals surface area contributed by atoms with Gasteiger partial charge in [-0.05, 0) is 19.4 Å². The first-order chi connectivity index (χ1) is 6.60. The third kappa shape index (κ3) is 1.77. The van der Waals surface area contributed by atoms with Crippen molar-refractivity contribution < 1.29 is 9.53 Å². The molecule has 0 unspecified atom stereocenters. The highest BCUT2D eigenvalue weighted by atomic mass is 16.5. The van der Waals surface area contributed by atoms with Gasteiger partial charge in [-0.15, -0.1) is 0 Å². The van der Waals surface area contributed by atoms with Gasteiger partial charge in [0, 0.05) is 11.9 Å². The highest BCUT2D eigenvalue weighted by Crippen LogP contribution is 2.14. The van der Waals surface area contributed by atoms with Gasteiger partial charge in [-0.3, -0.25) is 4.79 Å². The first-order valence-corrected chi connectivity index (χ1v) is 4.23. The Bertz CT molecular complexity index is 399. The molecular weight excluding hydrogens is 180 g/mol. The maximum Gasteiger partial charge on any atom is 0.325 e.